The van der Waals surface area contributed by atoms with E-state index in [1.807, 2.05) is 44.4 Å². The number of quaternary nitrogens is 1. The van der Waals surface area contributed by atoms with Gasteiger partial charge in [0.05, 0.1) is 52.7 Å². The van der Waals surface area contributed by atoms with Gasteiger partial charge in [0.2, 0.25) is 5.91 Å². The number of alkyl halides is 1. The first kappa shape index (κ1) is 40.5. The Morgan fingerprint density at radius 3 is 2.16 bits per heavy atom. The van der Waals surface area contributed by atoms with Crippen molar-refractivity contribution in [2.24, 2.45) is 0 Å². The van der Waals surface area contributed by atoms with Crippen LogP contribution in [-0.4, -0.2) is 135 Å². The largest absolute Gasteiger partial charge is 0.466 e. The number of carbonyl (C=O) groups excluding carboxylic acids is 3. The summed E-state index contributed by atoms with van der Waals surface area (Å²) in [4.78, 5) is 36.2. The molecule has 1 aromatic rings. The monoisotopic (exact) mass is 630 g/mol. The summed E-state index contributed by atoms with van der Waals surface area (Å²) in [6, 6.07) is 9.72. The summed E-state index contributed by atoms with van der Waals surface area (Å²) in [7, 11) is 5.83. The Morgan fingerprint density at radius 2 is 1.58 bits per heavy atom. The number of benzene rings is 1. The Hall–Kier alpha value is -2.54. The van der Waals surface area contributed by atoms with Crippen molar-refractivity contribution in [3.8, 4) is 0 Å². The van der Waals surface area contributed by atoms with Crippen molar-refractivity contribution in [2.45, 2.75) is 44.6 Å². The smallest absolute Gasteiger partial charge is 0.320 e. The van der Waals surface area contributed by atoms with E-state index in [4.69, 9.17) is 31.3 Å². The zero-order valence-corrected chi connectivity index (χ0v) is 26.8. The third-order valence-corrected chi connectivity index (χ3v) is 6.43. The number of hydrogen-bond donors (Lipinski definition) is 4. The molecule has 1 amide bonds. The predicted molar refractivity (Wildman–Crippen MR) is 168 cm³/mol. The molecule has 0 spiro atoms. The average Bonchev–Trinajstić information content (AvgIpc) is 2.98. The lowest BCUT2D eigenvalue weighted by molar-refractivity contribution is -0.893. The van der Waals surface area contributed by atoms with Gasteiger partial charge < -0.3 is 34.6 Å². The van der Waals surface area contributed by atoms with Crippen molar-refractivity contribution in [1.82, 2.24) is 10.2 Å². The van der Waals surface area contributed by atoms with Crippen LogP contribution in [0.4, 0.5) is 0 Å². The van der Waals surface area contributed by atoms with Crippen molar-refractivity contribution < 1.29 is 43.7 Å². The molecule has 0 heterocycles. The first-order chi connectivity index (χ1) is 20.5. The molecular weight excluding hydrogens is 578 g/mol. The molecule has 0 bridgehead atoms. The fraction of sp³-hybridized carbons (Fsp3) is 0.645. The van der Waals surface area contributed by atoms with Gasteiger partial charge in [-0.05, 0) is 44.4 Å². The van der Waals surface area contributed by atoms with Gasteiger partial charge in [-0.25, -0.2) is 0 Å². The molecule has 4 N–H and O–H groups in total. The first-order valence-corrected chi connectivity index (χ1v) is 15.3. The van der Waals surface area contributed by atoms with E-state index < -0.39 is 6.10 Å². The number of aliphatic hydroxyl groups excluding tert-OH is 3. The van der Waals surface area contributed by atoms with Crippen LogP contribution in [0.2, 0.25) is 0 Å². The number of aliphatic hydroxyl groups is 3. The lowest BCUT2D eigenvalue weighted by Crippen LogP contribution is -2.47. The van der Waals surface area contributed by atoms with Crippen LogP contribution in [-0.2, 0) is 23.9 Å². The van der Waals surface area contributed by atoms with Crippen molar-refractivity contribution in [3.63, 3.8) is 0 Å². The topological polar surface area (TPSA) is 146 Å². The molecule has 0 aliphatic heterocycles. The minimum Gasteiger partial charge on any atom is -0.466 e. The number of rotatable bonds is 22. The summed E-state index contributed by atoms with van der Waals surface area (Å²) in [5.41, 5.74) is 1.01. The third-order valence-electron chi connectivity index (χ3n) is 6.08. The quantitative estimate of drug-likeness (QED) is 0.0495. The highest BCUT2D eigenvalue weighted by atomic mass is 35.5. The second kappa shape index (κ2) is 25.9. The molecular formula is C31H53ClN3O8+. The van der Waals surface area contributed by atoms with Gasteiger partial charge >= 0.3 is 11.9 Å². The van der Waals surface area contributed by atoms with Gasteiger partial charge in [0.1, 0.15) is 12.6 Å². The third kappa shape index (κ3) is 25.7. The molecule has 0 aliphatic carbocycles. The second-order valence-electron chi connectivity index (χ2n) is 10.8. The fourth-order valence-electron chi connectivity index (χ4n) is 3.72. The highest BCUT2D eigenvalue weighted by molar-refractivity contribution is 6.18. The number of nitrogens with one attached hydrogen (secondary N) is 1. The summed E-state index contributed by atoms with van der Waals surface area (Å²) in [5.74, 6) is -0.485. The molecule has 0 fully saturated rings. The van der Waals surface area contributed by atoms with Crippen LogP contribution < -0.4 is 5.32 Å². The normalized spacial score (nSPS) is 12.0. The number of ether oxygens (including phenoxy) is 2. The number of esters is 2. The van der Waals surface area contributed by atoms with Gasteiger partial charge in [-0.2, -0.15) is 0 Å². The summed E-state index contributed by atoms with van der Waals surface area (Å²) in [6.45, 7) is 3.47. The molecule has 0 aromatic heterocycles. The van der Waals surface area contributed by atoms with Crippen LogP contribution in [0.5, 0.6) is 0 Å². The van der Waals surface area contributed by atoms with Crippen LogP contribution in [0, 0.1) is 0 Å². The van der Waals surface area contributed by atoms with E-state index >= 15 is 0 Å². The molecule has 11 nitrogen and oxygen atoms in total. The van der Waals surface area contributed by atoms with Crippen LogP contribution in [0.3, 0.4) is 0 Å². The van der Waals surface area contributed by atoms with Gasteiger partial charge in [0.15, 0.2) is 0 Å². The molecule has 1 rings (SSSR count). The summed E-state index contributed by atoms with van der Waals surface area (Å²) < 4.78 is 10.6. The lowest BCUT2D eigenvalue weighted by Gasteiger charge is -2.31. The number of likely N-dealkylation sites (N-methyl/N-ethyl adjacent to an activating group) is 2. The van der Waals surface area contributed by atoms with Gasteiger partial charge in [0.25, 0.3) is 0 Å². The molecule has 0 aliphatic rings. The molecule has 0 radical (unpaired) electrons. The van der Waals surface area contributed by atoms with Crippen LogP contribution in [0.25, 0.3) is 6.08 Å². The summed E-state index contributed by atoms with van der Waals surface area (Å²) in [5, 5.41) is 29.6. The lowest BCUT2D eigenvalue weighted by atomic mass is 10.2. The van der Waals surface area contributed by atoms with Crippen molar-refractivity contribution in [2.75, 3.05) is 86.2 Å². The standard InChI is InChI=1S/C17H25ClN2O2.C14H27NO6/c1-20(2,14-16(21)13-18)12-6-11-19-17(22)10-9-15-7-4-3-5-8-15;1-15(12-14(19)21-11-5-3-9-17)7-6-13(18)20-10-4-2-8-16/h3-5,7-10,16,21H,6,11-14H2,1-2H3;16-17H,2-12H2,1H3/p+1. The highest BCUT2D eigenvalue weighted by Gasteiger charge is 2.19. The zero-order chi connectivity index (χ0) is 32.3. The summed E-state index contributed by atoms with van der Waals surface area (Å²) in [6.07, 6.45) is 6.46. The van der Waals surface area contributed by atoms with Gasteiger partial charge in [-0.1, -0.05) is 30.3 Å². The second-order valence-corrected chi connectivity index (χ2v) is 11.1. The number of carbonyl (C=O) groups is 3. The van der Waals surface area contributed by atoms with Gasteiger partial charge in [-0.3, -0.25) is 19.3 Å². The molecule has 246 valence electrons. The Morgan fingerprint density at radius 1 is 0.977 bits per heavy atom. The molecule has 43 heavy (non-hydrogen) atoms. The van der Waals surface area contributed by atoms with E-state index in [0.29, 0.717) is 63.0 Å². The molecule has 12 heteroatoms. The average molecular weight is 631 g/mol. The number of nitrogens with zero attached hydrogens (tertiary/aromatic N) is 2. The van der Waals surface area contributed by atoms with Crippen molar-refractivity contribution in [1.29, 1.82) is 0 Å². The molecule has 1 aromatic carbocycles. The number of amides is 1. The Kier molecular flexibility index (Phi) is 24.4. The highest BCUT2D eigenvalue weighted by Crippen LogP contribution is 2.04. The fourth-order valence-corrected chi connectivity index (χ4v) is 3.82. The SMILES string of the molecule is CN(CCC(=O)OCCCCO)CC(=O)OCCCCO.C[N+](C)(CCCNC(=O)C=Cc1ccccc1)CC(O)CCl. The van der Waals surface area contributed by atoms with Crippen molar-refractivity contribution in [3.05, 3.63) is 42.0 Å². The molecule has 0 saturated heterocycles. The molecule has 0 saturated carbocycles. The van der Waals surface area contributed by atoms with Crippen molar-refractivity contribution >= 4 is 35.5 Å². The van der Waals surface area contributed by atoms with E-state index in [1.165, 1.54) is 0 Å². The Balaban J connectivity index is 0.000000822. The number of hydrogen-bond acceptors (Lipinski definition) is 9. The minimum atomic E-state index is -0.486. The Labute approximate surface area is 262 Å². The molecule has 1 atom stereocenters. The maximum absolute atomic E-state index is 11.7. The predicted octanol–water partition coefficient (Wildman–Crippen LogP) is 1.82. The van der Waals surface area contributed by atoms with Gasteiger partial charge in [-0.15, -0.1) is 11.6 Å². The van der Waals surface area contributed by atoms with E-state index in [-0.39, 0.29) is 49.9 Å². The van der Waals surface area contributed by atoms with E-state index in [9.17, 15) is 19.5 Å². The Bertz CT molecular complexity index is 902. The van der Waals surface area contributed by atoms with E-state index in [0.717, 1.165) is 18.5 Å². The zero-order valence-electron chi connectivity index (χ0n) is 26.1. The summed E-state index contributed by atoms with van der Waals surface area (Å²) >= 11 is 5.62. The van der Waals surface area contributed by atoms with Crippen LogP contribution in [0.1, 0.15) is 44.1 Å². The first-order valence-electron chi connectivity index (χ1n) is 14.8. The number of halogens is 1. The van der Waals surface area contributed by atoms with Crippen LogP contribution >= 0.6 is 11.6 Å². The van der Waals surface area contributed by atoms with E-state index in [1.54, 1.807) is 24.1 Å². The maximum atomic E-state index is 11.7. The van der Waals surface area contributed by atoms with E-state index in [2.05, 4.69) is 5.32 Å². The number of unbranched alkanes of at least 4 members (excludes halogenated alkanes) is 2. The molecule has 1 unspecified atom stereocenters. The van der Waals surface area contributed by atoms with Gasteiger partial charge in [0, 0.05) is 38.8 Å². The minimum absolute atomic E-state index is 0.0880. The van der Waals surface area contributed by atoms with Crippen LogP contribution in [0.15, 0.2) is 36.4 Å². The maximum Gasteiger partial charge on any atom is 0.320 e.